The molecule has 1 aromatic carbocycles. The summed E-state index contributed by atoms with van der Waals surface area (Å²) >= 11 is 0. The van der Waals surface area contributed by atoms with E-state index < -0.39 is 10.7 Å². The maximum Gasteiger partial charge on any atom is 0.277 e. The second kappa shape index (κ2) is 8.06. The van der Waals surface area contributed by atoms with E-state index in [1.165, 1.54) is 6.07 Å². The molecule has 5 nitrogen and oxygen atoms in total. The van der Waals surface area contributed by atoms with Crippen molar-refractivity contribution >= 4 is 30.5 Å². The average molecular weight is 352 g/mol. The summed E-state index contributed by atoms with van der Waals surface area (Å²) in [6.45, 7) is 3.57. The number of piperazine rings is 1. The first kappa shape index (κ1) is 19.1. The van der Waals surface area contributed by atoms with E-state index in [0.29, 0.717) is 11.5 Å². The number of nitro groups is 1. The van der Waals surface area contributed by atoms with Gasteiger partial charge in [0.05, 0.1) is 11.0 Å². The molecule has 0 spiro atoms. The number of nitrogens with one attached hydrogen (secondary N) is 1. The minimum absolute atomic E-state index is 0. The van der Waals surface area contributed by atoms with Crippen molar-refractivity contribution in [1.29, 1.82) is 0 Å². The molecule has 1 atom stereocenters. The summed E-state index contributed by atoms with van der Waals surface area (Å²) in [6.07, 6.45) is 2.20. The standard InChI is InChI=1S/C14H18FN3O2.2ClH/c15-11-3-4-12(13(9-11)18(19)20)14(10-1-2-10)17-7-5-16-6-8-17;;/h3-4,9-10,14,16H,1-2,5-8H2;2*1H/t14-;;/m0../s1. The molecule has 8 heteroatoms. The second-order valence-corrected chi connectivity index (χ2v) is 5.53. The Labute approximate surface area is 141 Å². The van der Waals surface area contributed by atoms with Crippen LogP contribution in [0.1, 0.15) is 24.4 Å². The summed E-state index contributed by atoms with van der Waals surface area (Å²) in [6, 6.07) is 4.03. The SMILES string of the molecule is Cl.Cl.O=[N+]([O-])c1cc(F)ccc1[C@H](C1CC1)N1CCNCC1. The Morgan fingerprint density at radius 3 is 2.45 bits per heavy atom. The van der Waals surface area contributed by atoms with E-state index >= 15 is 0 Å². The van der Waals surface area contributed by atoms with Crippen LogP contribution in [0.5, 0.6) is 0 Å². The van der Waals surface area contributed by atoms with Crippen LogP contribution >= 0.6 is 24.8 Å². The molecular weight excluding hydrogens is 332 g/mol. The predicted octanol–water partition coefficient (Wildman–Crippen LogP) is 2.93. The van der Waals surface area contributed by atoms with Crippen LogP contribution in [0.25, 0.3) is 0 Å². The van der Waals surface area contributed by atoms with Gasteiger partial charge in [0.2, 0.25) is 0 Å². The predicted molar refractivity (Wildman–Crippen MR) is 87.5 cm³/mol. The topological polar surface area (TPSA) is 58.4 Å². The van der Waals surface area contributed by atoms with Crippen molar-refractivity contribution < 1.29 is 9.31 Å². The molecule has 0 radical (unpaired) electrons. The van der Waals surface area contributed by atoms with Crippen LogP contribution in [-0.2, 0) is 0 Å². The lowest BCUT2D eigenvalue weighted by Gasteiger charge is -2.35. The quantitative estimate of drug-likeness (QED) is 0.669. The van der Waals surface area contributed by atoms with Crippen molar-refractivity contribution in [1.82, 2.24) is 10.2 Å². The van der Waals surface area contributed by atoms with E-state index in [2.05, 4.69) is 10.2 Å². The van der Waals surface area contributed by atoms with Gasteiger partial charge in [0.25, 0.3) is 5.69 Å². The van der Waals surface area contributed by atoms with Crippen LogP contribution in [0.2, 0.25) is 0 Å². The molecule has 0 bridgehead atoms. The Kier molecular flexibility index (Phi) is 6.99. The minimum atomic E-state index is -0.546. The zero-order chi connectivity index (χ0) is 14.1. The van der Waals surface area contributed by atoms with Crippen molar-refractivity contribution in [3.8, 4) is 0 Å². The summed E-state index contributed by atoms with van der Waals surface area (Å²) in [5, 5.41) is 14.5. The van der Waals surface area contributed by atoms with Gasteiger partial charge in [-0.05, 0) is 30.9 Å². The van der Waals surface area contributed by atoms with Gasteiger partial charge in [0, 0.05) is 37.8 Å². The number of nitro benzene ring substituents is 1. The second-order valence-electron chi connectivity index (χ2n) is 5.53. The van der Waals surface area contributed by atoms with Gasteiger partial charge >= 0.3 is 0 Å². The van der Waals surface area contributed by atoms with Crippen molar-refractivity contribution in [2.24, 2.45) is 5.92 Å². The molecule has 124 valence electrons. The van der Waals surface area contributed by atoms with Gasteiger partial charge in [-0.1, -0.05) is 0 Å². The largest absolute Gasteiger partial charge is 0.314 e. The van der Waals surface area contributed by atoms with E-state index in [1.54, 1.807) is 6.07 Å². The van der Waals surface area contributed by atoms with Crippen molar-refractivity contribution in [3.63, 3.8) is 0 Å². The zero-order valence-corrected chi connectivity index (χ0v) is 13.7. The maximum absolute atomic E-state index is 13.3. The van der Waals surface area contributed by atoms with Gasteiger partial charge in [-0.3, -0.25) is 15.0 Å². The third-order valence-electron chi connectivity index (χ3n) is 4.12. The molecule has 1 N–H and O–H groups in total. The molecule has 1 saturated heterocycles. The molecule has 22 heavy (non-hydrogen) atoms. The van der Waals surface area contributed by atoms with E-state index in [4.69, 9.17) is 0 Å². The molecule has 1 aliphatic heterocycles. The molecule has 1 aliphatic carbocycles. The Balaban J connectivity index is 0.00000121. The molecule has 0 unspecified atom stereocenters. The molecule has 1 heterocycles. The van der Waals surface area contributed by atoms with Crippen LogP contribution in [-0.4, -0.2) is 36.0 Å². The molecule has 0 amide bonds. The molecular formula is C14H20Cl2FN3O2. The number of nitrogens with zero attached hydrogens (tertiary/aromatic N) is 2. The minimum Gasteiger partial charge on any atom is -0.314 e. The van der Waals surface area contributed by atoms with E-state index in [9.17, 15) is 14.5 Å². The number of halogens is 3. The van der Waals surface area contributed by atoms with Crippen LogP contribution in [0, 0.1) is 21.8 Å². The highest BCUT2D eigenvalue weighted by Crippen LogP contribution is 2.47. The van der Waals surface area contributed by atoms with Crippen LogP contribution < -0.4 is 5.32 Å². The molecule has 2 fully saturated rings. The zero-order valence-electron chi connectivity index (χ0n) is 12.0. The van der Waals surface area contributed by atoms with Gasteiger partial charge in [0.15, 0.2) is 0 Å². The lowest BCUT2D eigenvalue weighted by atomic mass is 9.98. The normalized spacial score (nSPS) is 19.7. The monoisotopic (exact) mass is 351 g/mol. The fourth-order valence-corrected chi connectivity index (χ4v) is 3.05. The summed E-state index contributed by atoms with van der Waals surface area (Å²) in [4.78, 5) is 13.0. The highest BCUT2D eigenvalue weighted by molar-refractivity contribution is 5.85. The number of benzene rings is 1. The molecule has 0 aromatic heterocycles. The number of hydrogen-bond acceptors (Lipinski definition) is 4. The first-order valence-corrected chi connectivity index (χ1v) is 7.05. The van der Waals surface area contributed by atoms with Gasteiger partial charge in [-0.25, -0.2) is 4.39 Å². The van der Waals surface area contributed by atoms with E-state index in [-0.39, 0.29) is 36.5 Å². The smallest absolute Gasteiger partial charge is 0.277 e. The average Bonchev–Trinajstić information content (AvgIpc) is 3.26. The van der Waals surface area contributed by atoms with E-state index in [0.717, 1.165) is 45.1 Å². The highest BCUT2D eigenvalue weighted by Gasteiger charge is 2.39. The van der Waals surface area contributed by atoms with E-state index in [1.807, 2.05) is 0 Å². The summed E-state index contributed by atoms with van der Waals surface area (Å²) in [5.41, 5.74) is 0.584. The molecule has 1 aromatic rings. The van der Waals surface area contributed by atoms with Gasteiger partial charge in [-0.2, -0.15) is 0 Å². The maximum atomic E-state index is 13.3. The third-order valence-corrected chi connectivity index (χ3v) is 4.12. The summed E-state index contributed by atoms with van der Waals surface area (Å²) < 4.78 is 13.3. The molecule has 1 saturated carbocycles. The molecule has 2 aliphatic rings. The Morgan fingerprint density at radius 2 is 1.91 bits per heavy atom. The lowest BCUT2D eigenvalue weighted by Crippen LogP contribution is -2.45. The Bertz CT molecular complexity index is 523. The van der Waals surface area contributed by atoms with Crippen molar-refractivity contribution in [2.75, 3.05) is 26.2 Å². The fraction of sp³-hybridized carbons (Fsp3) is 0.571. The van der Waals surface area contributed by atoms with Crippen molar-refractivity contribution in [2.45, 2.75) is 18.9 Å². The van der Waals surface area contributed by atoms with Crippen LogP contribution in [0.4, 0.5) is 10.1 Å². The van der Waals surface area contributed by atoms with Crippen LogP contribution in [0.3, 0.4) is 0 Å². The van der Waals surface area contributed by atoms with Gasteiger partial charge < -0.3 is 5.32 Å². The molecule has 3 rings (SSSR count). The van der Waals surface area contributed by atoms with Gasteiger partial charge in [-0.15, -0.1) is 24.8 Å². The highest BCUT2D eigenvalue weighted by atomic mass is 35.5. The Hall–Kier alpha value is -0.950. The van der Waals surface area contributed by atoms with Crippen molar-refractivity contribution in [3.05, 3.63) is 39.7 Å². The first-order chi connectivity index (χ1) is 9.66. The number of hydrogen-bond donors (Lipinski definition) is 1. The summed E-state index contributed by atoms with van der Waals surface area (Å²) in [7, 11) is 0. The Morgan fingerprint density at radius 1 is 1.27 bits per heavy atom. The fourth-order valence-electron chi connectivity index (χ4n) is 3.05. The van der Waals surface area contributed by atoms with Crippen LogP contribution in [0.15, 0.2) is 18.2 Å². The first-order valence-electron chi connectivity index (χ1n) is 7.05. The lowest BCUT2D eigenvalue weighted by molar-refractivity contribution is -0.386. The third kappa shape index (κ3) is 4.07. The van der Waals surface area contributed by atoms with Gasteiger partial charge in [0.1, 0.15) is 5.82 Å². The summed E-state index contributed by atoms with van der Waals surface area (Å²) in [5.74, 6) is -0.0763. The number of rotatable bonds is 4.